The van der Waals surface area contributed by atoms with Gasteiger partial charge < -0.3 is 5.11 Å². The zero-order valence-electron chi connectivity index (χ0n) is 11.1. The van der Waals surface area contributed by atoms with Gasteiger partial charge in [0.1, 0.15) is 5.76 Å². The van der Waals surface area contributed by atoms with Crippen molar-refractivity contribution >= 4 is 56.2 Å². The van der Waals surface area contributed by atoms with Crippen molar-refractivity contribution in [3.63, 3.8) is 0 Å². The van der Waals surface area contributed by atoms with Gasteiger partial charge >= 0.3 is 0 Å². The maximum Gasteiger partial charge on any atom is 0.169 e. The molecule has 0 spiro atoms. The minimum absolute atomic E-state index is 0.0437. The van der Waals surface area contributed by atoms with E-state index in [4.69, 9.17) is 0 Å². The lowest BCUT2D eigenvalue weighted by atomic mass is 10.0. The van der Waals surface area contributed by atoms with E-state index in [0.717, 1.165) is 16.6 Å². The van der Waals surface area contributed by atoms with Gasteiger partial charge in [-0.05, 0) is 30.7 Å². The highest BCUT2D eigenvalue weighted by atomic mass is 127. The van der Waals surface area contributed by atoms with Crippen molar-refractivity contribution in [2.24, 2.45) is 4.99 Å². The summed E-state index contributed by atoms with van der Waals surface area (Å²) < 4.78 is 0.875. The van der Waals surface area contributed by atoms with Gasteiger partial charge in [0.05, 0.1) is 11.3 Å². The van der Waals surface area contributed by atoms with E-state index in [1.807, 2.05) is 31.2 Å². The summed E-state index contributed by atoms with van der Waals surface area (Å²) in [7, 11) is 0. The van der Waals surface area contributed by atoms with E-state index >= 15 is 0 Å². The molecular weight excluding hydrogens is 433 g/mol. The summed E-state index contributed by atoms with van der Waals surface area (Å²) in [5, 5.41) is 10.0. The van der Waals surface area contributed by atoms with Gasteiger partial charge in [0.2, 0.25) is 0 Å². The van der Waals surface area contributed by atoms with Gasteiger partial charge in [-0.2, -0.15) is 0 Å². The van der Waals surface area contributed by atoms with Crippen molar-refractivity contribution in [3.8, 4) is 0 Å². The number of aliphatic imine (C=N–C) groups is 1. The number of aliphatic hydroxyl groups is 1. The van der Waals surface area contributed by atoms with Crippen LogP contribution in [0, 0.1) is 0 Å². The molecule has 1 aromatic rings. The Kier molecular flexibility index (Phi) is 5.01. The first kappa shape index (κ1) is 15.7. The second-order valence-corrected chi connectivity index (χ2v) is 8.63. The van der Waals surface area contributed by atoms with E-state index in [2.05, 4.69) is 43.5 Å². The predicted octanol–water partition coefficient (Wildman–Crippen LogP) is 4.91. The van der Waals surface area contributed by atoms with Crippen LogP contribution in [0.3, 0.4) is 0 Å². The predicted molar refractivity (Wildman–Crippen MR) is 93.2 cm³/mol. The number of benzene rings is 1. The summed E-state index contributed by atoms with van der Waals surface area (Å²) in [6.45, 7) is 2.04. The first-order valence-corrected chi connectivity index (χ1v) is 8.18. The average molecular weight is 448 g/mol. The minimum Gasteiger partial charge on any atom is -0.512 e. The van der Waals surface area contributed by atoms with Crippen molar-refractivity contribution in [1.29, 1.82) is 0 Å². The Balaban J connectivity index is 2.22. The van der Waals surface area contributed by atoms with Crippen molar-refractivity contribution in [3.05, 3.63) is 40.1 Å². The number of hydrogen-bond acceptors (Lipinski definition) is 3. The molecule has 1 N–H and O–H groups in total. The lowest BCUT2D eigenvalue weighted by Crippen LogP contribution is -2.19. The van der Waals surface area contributed by atoms with Crippen LogP contribution in [0.4, 0.5) is 5.69 Å². The van der Waals surface area contributed by atoms with Crippen LogP contribution in [0.1, 0.15) is 26.2 Å². The summed E-state index contributed by atoms with van der Waals surface area (Å²) in [6.07, 6.45) is 3.23. The molecule has 3 nitrogen and oxygen atoms in total. The molecule has 0 aromatic heterocycles. The van der Waals surface area contributed by atoms with Gasteiger partial charge in [0.15, 0.2) is 5.78 Å². The quantitative estimate of drug-likeness (QED) is 0.397. The monoisotopic (exact) mass is 447 g/mol. The number of ketones is 1. The maximum atomic E-state index is 12.2. The summed E-state index contributed by atoms with van der Waals surface area (Å²) in [5.41, 5.74) is 1.09. The van der Waals surface area contributed by atoms with Crippen LogP contribution < -0.4 is 0 Å². The molecular formula is C15H15BrINO2. The molecule has 106 valence electrons. The fraction of sp³-hybridized carbons (Fsp3) is 0.333. The van der Waals surface area contributed by atoms with Crippen molar-refractivity contribution in [2.45, 2.75) is 29.6 Å². The highest BCUT2D eigenvalue weighted by Crippen LogP contribution is 2.34. The number of Topliss-reactive ketones (excluding diaryl/α,β-unsaturated/α-hetero) is 1. The lowest BCUT2D eigenvalue weighted by Gasteiger charge is -2.18. The Bertz CT molecular complexity index is 576. The molecule has 1 aliphatic rings. The number of hydrogen-bond donors (Lipinski definition) is 1. The fourth-order valence-corrected chi connectivity index (χ4v) is 2.89. The van der Waals surface area contributed by atoms with Crippen LogP contribution in [-0.2, 0) is 4.79 Å². The van der Waals surface area contributed by atoms with E-state index < -0.39 is 0 Å². The molecule has 1 aromatic carbocycles. The molecule has 2 rings (SSSR count). The van der Waals surface area contributed by atoms with Gasteiger partial charge in [0.25, 0.3) is 0 Å². The van der Waals surface area contributed by atoms with Gasteiger partial charge in [-0.15, -0.1) is 0 Å². The number of rotatable bonds is 2. The molecule has 0 fully saturated rings. The number of allylic oxidation sites excluding steroid dienone is 2. The fourth-order valence-electron chi connectivity index (χ4n) is 2.01. The standard InChI is InChI=1S/C15H15BrINO2/c1-15(17)7-6-13(19)12(14(20)8-15)9-18-11-4-2-10(16)3-5-11/h2-5,9,19H,6-8H2,1H3/t15-/m0/s1. The first-order chi connectivity index (χ1) is 9.37. The Morgan fingerprint density at radius 1 is 1.40 bits per heavy atom. The number of carbonyl (C=O) groups is 1. The highest BCUT2D eigenvalue weighted by molar-refractivity contribution is 14.1. The first-order valence-electron chi connectivity index (χ1n) is 6.31. The molecule has 5 heteroatoms. The molecule has 1 atom stereocenters. The van der Waals surface area contributed by atoms with E-state index in [1.165, 1.54) is 6.21 Å². The Morgan fingerprint density at radius 2 is 2.05 bits per heavy atom. The van der Waals surface area contributed by atoms with E-state index in [1.54, 1.807) is 0 Å². The van der Waals surface area contributed by atoms with Crippen LogP contribution in [0.15, 0.2) is 45.1 Å². The number of nitrogens with zero attached hydrogens (tertiary/aromatic N) is 1. The number of halogens is 2. The zero-order valence-corrected chi connectivity index (χ0v) is 14.8. The molecule has 0 saturated heterocycles. The molecule has 0 aliphatic heterocycles. The molecule has 0 amide bonds. The summed E-state index contributed by atoms with van der Waals surface area (Å²) >= 11 is 5.65. The topological polar surface area (TPSA) is 49.7 Å². The molecule has 0 unspecified atom stereocenters. The minimum atomic E-state index is -0.101. The van der Waals surface area contributed by atoms with Gasteiger partial charge in [-0.1, -0.05) is 45.4 Å². The van der Waals surface area contributed by atoms with Gasteiger partial charge in [0, 0.05) is 27.0 Å². The van der Waals surface area contributed by atoms with Crippen molar-refractivity contribution in [2.75, 3.05) is 0 Å². The van der Waals surface area contributed by atoms with Crippen molar-refractivity contribution in [1.82, 2.24) is 0 Å². The zero-order chi connectivity index (χ0) is 14.8. The Labute approximate surface area is 140 Å². The third kappa shape index (κ3) is 4.15. The normalized spacial score (nSPS) is 24.2. The van der Waals surface area contributed by atoms with E-state index in [-0.39, 0.29) is 15.0 Å². The van der Waals surface area contributed by atoms with Gasteiger partial charge in [-0.25, -0.2) is 0 Å². The molecule has 0 radical (unpaired) electrons. The molecule has 0 heterocycles. The maximum absolute atomic E-state index is 12.2. The molecule has 20 heavy (non-hydrogen) atoms. The average Bonchev–Trinajstić information content (AvgIpc) is 2.47. The molecule has 0 saturated carbocycles. The van der Waals surface area contributed by atoms with Crippen LogP contribution in [0.2, 0.25) is 0 Å². The third-order valence-corrected chi connectivity index (χ3v) is 4.64. The van der Waals surface area contributed by atoms with Crippen LogP contribution in [0.5, 0.6) is 0 Å². The number of alkyl halides is 1. The largest absolute Gasteiger partial charge is 0.512 e. The van der Waals surface area contributed by atoms with Gasteiger partial charge in [-0.3, -0.25) is 9.79 Å². The SMILES string of the molecule is C[C@]1(I)CCC(O)=C(C=Nc2ccc(Br)cc2)C(=O)C1. The third-order valence-electron chi connectivity index (χ3n) is 3.19. The van der Waals surface area contributed by atoms with E-state index in [9.17, 15) is 9.90 Å². The summed E-state index contributed by atoms with van der Waals surface area (Å²) in [6, 6.07) is 7.47. The van der Waals surface area contributed by atoms with Crippen LogP contribution in [-0.4, -0.2) is 20.5 Å². The second kappa shape index (κ2) is 6.39. The smallest absolute Gasteiger partial charge is 0.169 e. The molecule has 1 aliphatic carbocycles. The van der Waals surface area contributed by atoms with E-state index in [0.29, 0.717) is 18.4 Å². The Hall–Kier alpha value is -0.690. The Morgan fingerprint density at radius 3 is 2.70 bits per heavy atom. The number of carbonyl (C=O) groups excluding carboxylic acids is 1. The summed E-state index contributed by atoms with van der Waals surface area (Å²) in [4.78, 5) is 16.5. The van der Waals surface area contributed by atoms with Crippen molar-refractivity contribution < 1.29 is 9.90 Å². The van der Waals surface area contributed by atoms with Crippen LogP contribution >= 0.6 is 38.5 Å². The lowest BCUT2D eigenvalue weighted by molar-refractivity contribution is -0.115. The molecule has 0 bridgehead atoms. The second-order valence-electron chi connectivity index (χ2n) is 5.11. The number of aliphatic hydroxyl groups excluding tert-OH is 1. The summed E-state index contributed by atoms with van der Waals surface area (Å²) in [5.74, 6) is 0.106. The highest BCUT2D eigenvalue weighted by Gasteiger charge is 2.30. The van der Waals surface area contributed by atoms with Crippen LogP contribution in [0.25, 0.3) is 0 Å².